The molecule has 7 nitrogen and oxygen atoms in total. The summed E-state index contributed by atoms with van der Waals surface area (Å²) in [5.41, 5.74) is -0.346. The number of aromatic nitrogens is 2. The number of aldehydes is 1. The molecule has 2 aromatic heterocycles. The number of hydrogen-bond acceptors (Lipinski definition) is 6. The third kappa shape index (κ3) is 3.01. The Bertz CT molecular complexity index is 1190. The van der Waals surface area contributed by atoms with Crippen LogP contribution in [-0.4, -0.2) is 42.0 Å². The average molecular weight is 412 g/mol. The minimum Gasteiger partial charge on any atom is -0.399 e. The molecule has 4 rings (SSSR count). The SMILES string of the molecule is CC1(C)OB(c2ccnc3c2cc(C=O)n3S(=O)(=O)c2ccccc2)OC1(C)C. The first-order valence-electron chi connectivity index (χ1n) is 9.20. The lowest BCUT2D eigenvalue weighted by atomic mass is 9.78. The van der Waals surface area contributed by atoms with E-state index in [4.69, 9.17) is 9.31 Å². The molecule has 29 heavy (non-hydrogen) atoms. The van der Waals surface area contributed by atoms with Gasteiger partial charge in [0.25, 0.3) is 10.0 Å². The molecule has 0 spiro atoms. The molecule has 1 fully saturated rings. The van der Waals surface area contributed by atoms with Crippen LogP contribution in [0.4, 0.5) is 0 Å². The molecule has 0 atom stereocenters. The van der Waals surface area contributed by atoms with E-state index in [1.807, 2.05) is 27.7 Å². The molecule has 9 heteroatoms. The second-order valence-electron chi connectivity index (χ2n) is 8.00. The van der Waals surface area contributed by atoms with Crippen LogP contribution in [0.3, 0.4) is 0 Å². The average Bonchev–Trinajstić information content (AvgIpc) is 3.16. The van der Waals surface area contributed by atoms with Gasteiger partial charge in [0.1, 0.15) is 0 Å². The van der Waals surface area contributed by atoms with Crippen molar-refractivity contribution < 1.29 is 22.5 Å². The Morgan fingerprint density at radius 3 is 2.24 bits per heavy atom. The fourth-order valence-corrected chi connectivity index (χ4v) is 4.78. The monoisotopic (exact) mass is 412 g/mol. The van der Waals surface area contributed by atoms with Gasteiger partial charge < -0.3 is 9.31 Å². The molecule has 0 amide bonds. The molecule has 1 aliphatic heterocycles. The van der Waals surface area contributed by atoms with E-state index in [0.29, 0.717) is 17.1 Å². The maximum Gasteiger partial charge on any atom is 0.495 e. The van der Waals surface area contributed by atoms with Gasteiger partial charge in [0.15, 0.2) is 11.9 Å². The smallest absolute Gasteiger partial charge is 0.399 e. The number of benzene rings is 1. The summed E-state index contributed by atoms with van der Waals surface area (Å²) in [6.07, 6.45) is 2.00. The zero-order valence-corrected chi connectivity index (χ0v) is 17.4. The maximum atomic E-state index is 13.2. The van der Waals surface area contributed by atoms with E-state index in [0.717, 1.165) is 3.97 Å². The molecular formula is C20H21BN2O5S. The van der Waals surface area contributed by atoms with Crippen molar-refractivity contribution in [1.29, 1.82) is 0 Å². The summed E-state index contributed by atoms with van der Waals surface area (Å²) in [6.45, 7) is 7.75. The number of fused-ring (bicyclic) bond motifs is 1. The summed E-state index contributed by atoms with van der Waals surface area (Å²) < 4.78 is 39.7. The number of pyridine rings is 1. The van der Waals surface area contributed by atoms with Crippen LogP contribution in [0.5, 0.6) is 0 Å². The minimum atomic E-state index is -4.01. The third-order valence-corrected chi connectivity index (χ3v) is 7.36. The van der Waals surface area contributed by atoms with Crippen molar-refractivity contribution in [2.24, 2.45) is 0 Å². The van der Waals surface area contributed by atoms with E-state index in [1.54, 1.807) is 24.3 Å². The van der Waals surface area contributed by atoms with Gasteiger partial charge >= 0.3 is 7.12 Å². The summed E-state index contributed by atoms with van der Waals surface area (Å²) in [7, 11) is -4.72. The summed E-state index contributed by atoms with van der Waals surface area (Å²) >= 11 is 0. The van der Waals surface area contributed by atoms with Crippen molar-refractivity contribution in [3.8, 4) is 0 Å². The highest BCUT2D eigenvalue weighted by Gasteiger charge is 2.52. The van der Waals surface area contributed by atoms with Crippen LogP contribution in [0.15, 0.2) is 53.6 Å². The molecule has 1 aliphatic rings. The van der Waals surface area contributed by atoms with Gasteiger partial charge in [0, 0.05) is 11.6 Å². The molecule has 1 saturated heterocycles. The zero-order chi connectivity index (χ0) is 21.0. The lowest BCUT2D eigenvalue weighted by Gasteiger charge is -2.32. The molecule has 0 N–H and O–H groups in total. The lowest BCUT2D eigenvalue weighted by molar-refractivity contribution is 0.00578. The predicted octanol–water partition coefficient (Wildman–Crippen LogP) is 2.39. The van der Waals surface area contributed by atoms with Crippen LogP contribution in [0.2, 0.25) is 0 Å². The number of nitrogens with zero attached hydrogens (tertiary/aromatic N) is 2. The number of rotatable bonds is 4. The molecule has 0 bridgehead atoms. The van der Waals surface area contributed by atoms with E-state index in [-0.39, 0.29) is 16.2 Å². The molecule has 0 radical (unpaired) electrons. The number of carbonyl (C=O) groups excluding carboxylic acids is 1. The van der Waals surface area contributed by atoms with Gasteiger partial charge in [0.2, 0.25) is 0 Å². The summed E-state index contributed by atoms with van der Waals surface area (Å²) in [4.78, 5) is 16.1. The Labute approximate surface area is 169 Å². The van der Waals surface area contributed by atoms with Crippen molar-refractivity contribution in [3.05, 3.63) is 54.4 Å². The van der Waals surface area contributed by atoms with Gasteiger partial charge in [-0.3, -0.25) is 4.79 Å². The Balaban J connectivity index is 1.92. The van der Waals surface area contributed by atoms with E-state index in [2.05, 4.69) is 4.98 Å². The highest BCUT2D eigenvalue weighted by Crippen LogP contribution is 2.37. The third-order valence-electron chi connectivity index (χ3n) is 5.63. The lowest BCUT2D eigenvalue weighted by Crippen LogP contribution is -2.41. The molecule has 0 unspecified atom stereocenters. The van der Waals surface area contributed by atoms with Crippen molar-refractivity contribution in [3.63, 3.8) is 0 Å². The van der Waals surface area contributed by atoms with Gasteiger partial charge in [-0.15, -0.1) is 0 Å². The van der Waals surface area contributed by atoms with Gasteiger partial charge in [-0.2, -0.15) is 0 Å². The summed E-state index contributed by atoms with van der Waals surface area (Å²) in [5, 5.41) is 0.493. The normalized spacial score (nSPS) is 18.3. The zero-order valence-electron chi connectivity index (χ0n) is 16.6. The Kier molecular flexibility index (Phi) is 4.45. The molecule has 0 aliphatic carbocycles. The topological polar surface area (TPSA) is 87.5 Å². The van der Waals surface area contributed by atoms with Gasteiger partial charge in [0.05, 0.1) is 21.8 Å². The minimum absolute atomic E-state index is 0.0136. The van der Waals surface area contributed by atoms with Crippen LogP contribution >= 0.6 is 0 Å². The molecule has 3 heterocycles. The van der Waals surface area contributed by atoms with Crippen LogP contribution in [0.1, 0.15) is 38.2 Å². The van der Waals surface area contributed by atoms with E-state index < -0.39 is 28.3 Å². The Morgan fingerprint density at radius 2 is 1.66 bits per heavy atom. The fourth-order valence-electron chi connectivity index (χ4n) is 3.32. The summed E-state index contributed by atoms with van der Waals surface area (Å²) in [5.74, 6) is 0. The first-order valence-corrected chi connectivity index (χ1v) is 10.6. The first kappa shape index (κ1) is 19.8. The number of carbonyl (C=O) groups is 1. The van der Waals surface area contributed by atoms with Crippen LogP contribution in [0, 0.1) is 0 Å². The van der Waals surface area contributed by atoms with Crippen molar-refractivity contribution in [2.75, 3.05) is 0 Å². The Hall–Kier alpha value is -2.49. The quantitative estimate of drug-likeness (QED) is 0.483. The van der Waals surface area contributed by atoms with E-state index in [9.17, 15) is 13.2 Å². The molecule has 0 saturated carbocycles. The number of hydrogen-bond donors (Lipinski definition) is 0. The predicted molar refractivity (Wildman–Crippen MR) is 110 cm³/mol. The highest BCUT2D eigenvalue weighted by atomic mass is 32.2. The van der Waals surface area contributed by atoms with Gasteiger partial charge in [-0.1, -0.05) is 18.2 Å². The second kappa shape index (κ2) is 6.51. The molecule has 150 valence electrons. The first-order chi connectivity index (χ1) is 13.6. The van der Waals surface area contributed by atoms with E-state index in [1.165, 1.54) is 24.4 Å². The summed E-state index contributed by atoms with van der Waals surface area (Å²) in [6, 6.07) is 11.2. The van der Waals surface area contributed by atoms with Crippen molar-refractivity contribution in [1.82, 2.24) is 8.96 Å². The largest absolute Gasteiger partial charge is 0.495 e. The van der Waals surface area contributed by atoms with Crippen LogP contribution in [-0.2, 0) is 19.3 Å². The second-order valence-corrected chi connectivity index (χ2v) is 9.78. The van der Waals surface area contributed by atoms with E-state index >= 15 is 0 Å². The van der Waals surface area contributed by atoms with Crippen molar-refractivity contribution in [2.45, 2.75) is 43.8 Å². The van der Waals surface area contributed by atoms with Crippen LogP contribution in [0.25, 0.3) is 11.0 Å². The standard InChI is InChI=1S/C20H21BN2O5S/c1-19(2)20(3,4)28-21(27-19)17-10-11-22-18-16(17)12-14(13-24)23(18)29(25,26)15-8-6-5-7-9-15/h5-13H,1-4H3. The fraction of sp³-hybridized carbons (Fsp3) is 0.300. The molecule has 3 aromatic rings. The van der Waals surface area contributed by atoms with Gasteiger partial charge in [-0.25, -0.2) is 17.4 Å². The van der Waals surface area contributed by atoms with Gasteiger partial charge in [-0.05, 0) is 57.4 Å². The molecular weight excluding hydrogens is 391 g/mol. The molecule has 1 aromatic carbocycles. The Morgan fingerprint density at radius 1 is 1.03 bits per heavy atom. The highest BCUT2D eigenvalue weighted by molar-refractivity contribution is 7.90. The van der Waals surface area contributed by atoms with Crippen molar-refractivity contribution >= 4 is 39.9 Å². The maximum absolute atomic E-state index is 13.2. The van der Waals surface area contributed by atoms with Crippen LogP contribution < -0.4 is 5.46 Å².